The van der Waals surface area contributed by atoms with Crippen LogP contribution in [0.25, 0.3) is 0 Å². The van der Waals surface area contributed by atoms with Gasteiger partial charge in [0.15, 0.2) is 6.61 Å². The summed E-state index contributed by atoms with van der Waals surface area (Å²) in [5, 5.41) is 3.77. The lowest BCUT2D eigenvalue weighted by molar-refractivity contribution is -0.143. The number of rotatable bonds is 12. The molecule has 0 saturated heterocycles. The Bertz CT molecular complexity index is 964. The van der Waals surface area contributed by atoms with Crippen LogP contribution in [0.2, 0.25) is 10.0 Å². The van der Waals surface area contributed by atoms with E-state index in [4.69, 9.17) is 37.4 Å². The second kappa shape index (κ2) is 13.3. The summed E-state index contributed by atoms with van der Waals surface area (Å²) in [6, 6.07) is 9.47. The molecule has 2 aromatic rings. The number of hydrogen-bond donors (Lipinski definition) is 1. The van der Waals surface area contributed by atoms with Crippen molar-refractivity contribution in [3.63, 3.8) is 0 Å². The zero-order chi connectivity index (χ0) is 25.3. The fourth-order valence-corrected chi connectivity index (χ4v) is 3.61. The van der Waals surface area contributed by atoms with Gasteiger partial charge in [-0.05, 0) is 37.5 Å². The Morgan fingerprint density at radius 3 is 2.09 bits per heavy atom. The van der Waals surface area contributed by atoms with Crippen molar-refractivity contribution in [2.45, 2.75) is 52.2 Å². The maximum absolute atomic E-state index is 13.3. The Morgan fingerprint density at radius 2 is 1.56 bits per heavy atom. The Morgan fingerprint density at radius 1 is 0.941 bits per heavy atom. The van der Waals surface area contributed by atoms with Crippen LogP contribution >= 0.6 is 23.2 Å². The first kappa shape index (κ1) is 27.6. The first-order chi connectivity index (χ1) is 16.2. The fourth-order valence-electron chi connectivity index (χ4n) is 3.29. The molecule has 2 amide bonds. The summed E-state index contributed by atoms with van der Waals surface area (Å²) < 4.78 is 16.3. The first-order valence-corrected chi connectivity index (χ1v) is 11.9. The molecular formula is C25H32Cl2N2O5. The summed E-state index contributed by atoms with van der Waals surface area (Å²) in [5.41, 5.74) is 0.751. The number of benzene rings is 2. The van der Waals surface area contributed by atoms with Crippen LogP contribution in [0.3, 0.4) is 0 Å². The van der Waals surface area contributed by atoms with Gasteiger partial charge in [0.1, 0.15) is 23.3 Å². The van der Waals surface area contributed by atoms with Crippen LogP contribution in [-0.2, 0) is 16.1 Å². The van der Waals surface area contributed by atoms with E-state index in [9.17, 15) is 9.59 Å². The average molecular weight is 511 g/mol. The molecular weight excluding hydrogens is 479 g/mol. The van der Waals surface area contributed by atoms with Gasteiger partial charge in [-0.25, -0.2) is 0 Å². The summed E-state index contributed by atoms with van der Waals surface area (Å²) in [6.07, 6.45) is 1.21. The molecule has 9 heteroatoms. The van der Waals surface area contributed by atoms with Crippen molar-refractivity contribution in [3.8, 4) is 17.2 Å². The molecule has 0 aliphatic carbocycles. The van der Waals surface area contributed by atoms with Gasteiger partial charge in [0.25, 0.3) is 5.91 Å². The molecule has 2 rings (SSSR count). The van der Waals surface area contributed by atoms with Gasteiger partial charge in [0, 0.05) is 30.8 Å². The second-order valence-corrected chi connectivity index (χ2v) is 8.66. The maximum Gasteiger partial charge on any atom is 0.261 e. The lowest BCUT2D eigenvalue weighted by Crippen LogP contribution is -2.51. The molecule has 7 nitrogen and oxygen atoms in total. The lowest BCUT2D eigenvalue weighted by atomic mass is 10.1. The monoisotopic (exact) mass is 510 g/mol. The summed E-state index contributed by atoms with van der Waals surface area (Å²) in [5.74, 6) is 0.922. The number of nitrogens with one attached hydrogen (secondary N) is 1. The molecule has 186 valence electrons. The highest BCUT2D eigenvalue weighted by Gasteiger charge is 2.29. The largest absolute Gasteiger partial charge is 0.496 e. The van der Waals surface area contributed by atoms with E-state index in [0.29, 0.717) is 33.7 Å². The molecule has 0 aliphatic heterocycles. The third-order valence-corrected chi connectivity index (χ3v) is 6.15. The molecule has 0 spiro atoms. The van der Waals surface area contributed by atoms with Crippen molar-refractivity contribution < 1.29 is 23.8 Å². The molecule has 1 N–H and O–H groups in total. The van der Waals surface area contributed by atoms with E-state index in [1.54, 1.807) is 36.4 Å². The molecule has 0 radical (unpaired) electrons. The average Bonchev–Trinajstić information content (AvgIpc) is 2.84. The quantitative estimate of drug-likeness (QED) is 0.429. The van der Waals surface area contributed by atoms with Crippen LogP contribution in [0, 0.1) is 0 Å². The number of hydrogen-bond acceptors (Lipinski definition) is 5. The van der Waals surface area contributed by atoms with Crippen LogP contribution in [-0.4, -0.2) is 49.6 Å². The lowest BCUT2D eigenvalue weighted by Gasteiger charge is -2.31. The molecule has 0 bridgehead atoms. The summed E-state index contributed by atoms with van der Waals surface area (Å²) in [4.78, 5) is 27.9. The van der Waals surface area contributed by atoms with E-state index >= 15 is 0 Å². The molecule has 2 aromatic carbocycles. The molecule has 34 heavy (non-hydrogen) atoms. The van der Waals surface area contributed by atoms with Crippen LogP contribution in [0.1, 0.15) is 39.2 Å². The van der Waals surface area contributed by atoms with Crippen molar-refractivity contribution in [1.82, 2.24) is 10.2 Å². The van der Waals surface area contributed by atoms with Crippen LogP contribution < -0.4 is 19.5 Å². The number of carbonyl (C=O) groups excluding carboxylic acids is 2. The Labute approximate surface area is 211 Å². The van der Waals surface area contributed by atoms with E-state index in [2.05, 4.69) is 5.32 Å². The molecule has 2 atom stereocenters. The Kier molecular flexibility index (Phi) is 10.8. The maximum atomic E-state index is 13.3. The van der Waals surface area contributed by atoms with Crippen molar-refractivity contribution in [2.75, 3.05) is 20.8 Å². The van der Waals surface area contributed by atoms with Crippen LogP contribution in [0.5, 0.6) is 17.2 Å². The van der Waals surface area contributed by atoms with Gasteiger partial charge in [0.05, 0.1) is 24.3 Å². The highest BCUT2D eigenvalue weighted by Crippen LogP contribution is 2.28. The predicted molar refractivity (Wildman–Crippen MR) is 134 cm³/mol. The highest BCUT2D eigenvalue weighted by atomic mass is 35.5. The number of halogens is 2. The first-order valence-electron chi connectivity index (χ1n) is 11.1. The molecule has 0 aliphatic rings. The van der Waals surface area contributed by atoms with E-state index in [0.717, 1.165) is 12.0 Å². The normalized spacial score (nSPS) is 12.4. The smallest absolute Gasteiger partial charge is 0.261 e. The van der Waals surface area contributed by atoms with Crippen molar-refractivity contribution >= 4 is 35.0 Å². The van der Waals surface area contributed by atoms with Gasteiger partial charge >= 0.3 is 0 Å². The zero-order valence-electron chi connectivity index (χ0n) is 20.2. The van der Waals surface area contributed by atoms with E-state index in [-0.39, 0.29) is 31.0 Å². The molecule has 0 heterocycles. The molecule has 0 fully saturated rings. The zero-order valence-corrected chi connectivity index (χ0v) is 21.7. The number of amides is 2. The number of ether oxygens (including phenoxy) is 3. The standard InChI is InChI=1S/C25H32Cl2N2O5/c1-6-16(3)28-25(31)23(7-2)29(14-17-8-9-21(26)22(27)10-17)24(30)15-34-20-12-18(32-4)11-19(13-20)33-5/h8-13,16,23H,6-7,14-15H2,1-5H3,(H,28,31)/t16-,23-/m1/s1. The summed E-state index contributed by atoms with van der Waals surface area (Å²) >= 11 is 12.2. The van der Waals surface area contributed by atoms with E-state index < -0.39 is 6.04 Å². The van der Waals surface area contributed by atoms with E-state index in [1.807, 2.05) is 20.8 Å². The van der Waals surface area contributed by atoms with Crippen LogP contribution in [0.15, 0.2) is 36.4 Å². The minimum atomic E-state index is -0.681. The van der Waals surface area contributed by atoms with E-state index in [1.165, 1.54) is 19.1 Å². The predicted octanol–water partition coefficient (Wildman–Crippen LogP) is 5.11. The Hall–Kier alpha value is -2.64. The Balaban J connectivity index is 2.28. The number of carbonyl (C=O) groups is 2. The minimum absolute atomic E-state index is 0.0102. The summed E-state index contributed by atoms with van der Waals surface area (Å²) in [7, 11) is 3.06. The SMILES string of the molecule is CC[C@@H](C)NC(=O)[C@@H](CC)N(Cc1ccc(Cl)c(Cl)c1)C(=O)COc1cc(OC)cc(OC)c1. The topological polar surface area (TPSA) is 77.1 Å². The molecule has 0 aromatic heterocycles. The number of nitrogens with zero attached hydrogens (tertiary/aromatic N) is 1. The van der Waals surface area contributed by atoms with Gasteiger partial charge in [0.2, 0.25) is 5.91 Å². The molecule has 0 saturated carbocycles. The fraction of sp³-hybridized carbons (Fsp3) is 0.440. The van der Waals surface area contributed by atoms with Gasteiger partial charge in [-0.2, -0.15) is 0 Å². The third kappa shape index (κ3) is 7.71. The second-order valence-electron chi connectivity index (χ2n) is 7.85. The third-order valence-electron chi connectivity index (χ3n) is 5.41. The van der Waals surface area contributed by atoms with Crippen LogP contribution in [0.4, 0.5) is 0 Å². The highest BCUT2D eigenvalue weighted by molar-refractivity contribution is 6.42. The molecule has 0 unspecified atom stereocenters. The van der Waals surface area contributed by atoms with Crippen molar-refractivity contribution in [3.05, 3.63) is 52.0 Å². The van der Waals surface area contributed by atoms with Crippen molar-refractivity contribution in [1.29, 1.82) is 0 Å². The van der Waals surface area contributed by atoms with Gasteiger partial charge in [-0.3, -0.25) is 9.59 Å². The van der Waals surface area contributed by atoms with Gasteiger partial charge in [-0.15, -0.1) is 0 Å². The number of methoxy groups -OCH3 is 2. The van der Waals surface area contributed by atoms with Gasteiger partial charge < -0.3 is 24.4 Å². The van der Waals surface area contributed by atoms with Crippen molar-refractivity contribution in [2.24, 2.45) is 0 Å². The summed E-state index contributed by atoms with van der Waals surface area (Å²) in [6.45, 7) is 5.68. The minimum Gasteiger partial charge on any atom is -0.496 e. The van der Waals surface area contributed by atoms with Gasteiger partial charge in [-0.1, -0.05) is 43.1 Å².